The third-order valence-electron chi connectivity index (χ3n) is 5.05. The van der Waals surface area contributed by atoms with Crippen molar-refractivity contribution < 1.29 is 14.0 Å². The Hall–Kier alpha value is -2.50. The first-order chi connectivity index (χ1) is 14.4. The Bertz CT molecular complexity index is 800. The molecule has 0 aliphatic heterocycles. The van der Waals surface area contributed by atoms with Crippen LogP contribution in [0.3, 0.4) is 0 Å². The summed E-state index contributed by atoms with van der Waals surface area (Å²) in [6.07, 6.45) is 4.77. The maximum Gasteiger partial charge on any atom is 0.289 e. The highest BCUT2D eigenvalue weighted by Gasteiger charge is 2.20. The molecule has 0 saturated carbocycles. The number of aromatic nitrogens is 1. The SMILES string of the molecule is CCCN(CCC)C(=O)c1ccc(Cn2cccc2CN(CCC)C(=O)C(C)C)o1. The minimum atomic E-state index is -0.0469. The summed E-state index contributed by atoms with van der Waals surface area (Å²) in [6, 6.07) is 7.66. The van der Waals surface area contributed by atoms with Crippen molar-refractivity contribution in [1.82, 2.24) is 14.4 Å². The van der Waals surface area contributed by atoms with Crippen molar-refractivity contribution in [3.05, 3.63) is 47.7 Å². The minimum absolute atomic E-state index is 0.0206. The van der Waals surface area contributed by atoms with Gasteiger partial charge in [-0.05, 0) is 43.5 Å². The maximum absolute atomic E-state index is 12.7. The van der Waals surface area contributed by atoms with Crippen LogP contribution in [0, 0.1) is 5.92 Å². The molecule has 0 fully saturated rings. The van der Waals surface area contributed by atoms with Crippen LogP contribution >= 0.6 is 0 Å². The lowest BCUT2D eigenvalue weighted by Gasteiger charge is -2.24. The first kappa shape index (κ1) is 23.8. The third kappa shape index (κ3) is 6.25. The molecular formula is C24H37N3O3. The van der Waals surface area contributed by atoms with Crippen molar-refractivity contribution in [2.24, 2.45) is 5.92 Å². The predicted molar refractivity (Wildman–Crippen MR) is 119 cm³/mol. The number of furan rings is 1. The summed E-state index contributed by atoms with van der Waals surface area (Å²) in [5, 5.41) is 0. The summed E-state index contributed by atoms with van der Waals surface area (Å²) < 4.78 is 7.98. The number of nitrogens with zero attached hydrogens (tertiary/aromatic N) is 3. The van der Waals surface area contributed by atoms with Crippen LogP contribution in [0.1, 0.15) is 75.9 Å². The monoisotopic (exact) mass is 415 g/mol. The van der Waals surface area contributed by atoms with Crippen molar-refractivity contribution in [3.8, 4) is 0 Å². The van der Waals surface area contributed by atoms with E-state index in [0.29, 0.717) is 18.8 Å². The molecular weight excluding hydrogens is 378 g/mol. The molecule has 0 aliphatic rings. The van der Waals surface area contributed by atoms with E-state index in [0.717, 1.165) is 50.4 Å². The van der Waals surface area contributed by atoms with E-state index in [1.165, 1.54) is 0 Å². The van der Waals surface area contributed by atoms with Gasteiger partial charge in [-0.1, -0.05) is 34.6 Å². The molecule has 0 aliphatic carbocycles. The van der Waals surface area contributed by atoms with Crippen molar-refractivity contribution in [3.63, 3.8) is 0 Å². The lowest BCUT2D eigenvalue weighted by molar-refractivity contribution is -0.135. The van der Waals surface area contributed by atoms with Crippen molar-refractivity contribution >= 4 is 11.8 Å². The topological polar surface area (TPSA) is 58.7 Å². The van der Waals surface area contributed by atoms with E-state index in [-0.39, 0.29) is 17.7 Å². The fourth-order valence-electron chi connectivity index (χ4n) is 3.60. The Morgan fingerprint density at radius 2 is 1.60 bits per heavy atom. The third-order valence-corrected chi connectivity index (χ3v) is 5.05. The summed E-state index contributed by atoms with van der Waals surface area (Å²) in [5.41, 5.74) is 1.06. The Kier molecular flexibility index (Phi) is 9.21. The highest BCUT2D eigenvalue weighted by atomic mass is 16.4. The zero-order chi connectivity index (χ0) is 22.1. The predicted octanol–water partition coefficient (Wildman–Crippen LogP) is 4.79. The molecule has 2 aromatic heterocycles. The number of hydrogen-bond acceptors (Lipinski definition) is 3. The van der Waals surface area contributed by atoms with Gasteiger partial charge in [-0.3, -0.25) is 9.59 Å². The van der Waals surface area contributed by atoms with E-state index in [4.69, 9.17) is 4.42 Å². The smallest absolute Gasteiger partial charge is 0.289 e. The normalized spacial score (nSPS) is 11.1. The van der Waals surface area contributed by atoms with E-state index in [1.54, 1.807) is 6.07 Å². The molecule has 2 aromatic rings. The van der Waals surface area contributed by atoms with Crippen LogP contribution in [-0.2, 0) is 17.9 Å². The van der Waals surface area contributed by atoms with Crippen LogP contribution in [0.25, 0.3) is 0 Å². The molecule has 2 amide bonds. The van der Waals surface area contributed by atoms with Gasteiger partial charge in [0.25, 0.3) is 5.91 Å². The summed E-state index contributed by atoms with van der Waals surface area (Å²) >= 11 is 0. The molecule has 166 valence electrons. The second-order valence-electron chi connectivity index (χ2n) is 8.10. The van der Waals surface area contributed by atoms with Gasteiger partial charge in [0.15, 0.2) is 5.76 Å². The molecule has 0 N–H and O–H groups in total. The highest BCUT2D eigenvalue weighted by molar-refractivity contribution is 5.91. The second-order valence-corrected chi connectivity index (χ2v) is 8.10. The van der Waals surface area contributed by atoms with E-state index in [1.807, 2.05) is 48.0 Å². The van der Waals surface area contributed by atoms with Crippen molar-refractivity contribution in [2.75, 3.05) is 19.6 Å². The number of hydrogen-bond donors (Lipinski definition) is 0. The number of carbonyl (C=O) groups excluding carboxylic acids is 2. The van der Waals surface area contributed by atoms with Gasteiger partial charge in [-0.15, -0.1) is 0 Å². The van der Waals surface area contributed by atoms with Crippen LogP contribution < -0.4 is 0 Å². The van der Waals surface area contributed by atoms with E-state index in [9.17, 15) is 9.59 Å². The average Bonchev–Trinajstić information content (AvgIpc) is 3.36. The maximum atomic E-state index is 12.7. The van der Waals surface area contributed by atoms with Gasteiger partial charge in [-0.2, -0.15) is 0 Å². The van der Waals surface area contributed by atoms with Crippen LogP contribution in [0.5, 0.6) is 0 Å². The molecule has 0 bridgehead atoms. The molecule has 2 heterocycles. The van der Waals surface area contributed by atoms with Gasteiger partial charge in [0.05, 0.1) is 13.1 Å². The van der Waals surface area contributed by atoms with Gasteiger partial charge in [0, 0.05) is 37.4 Å². The summed E-state index contributed by atoms with van der Waals surface area (Å²) in [6.45, 7) is 13.4. The van der Waals surface area contributed by atoms with Crippen molar-refractivity contribution in [2.45, 2.75) is 67.0 Å². The van der Waals surface area contributed by atoms with Crippen LogP contribution in [0.4, 0.5) is 0 Å². The van der Waals surface area contributed by atoms with Crippen LogP contribution in [0.2, 0.25) is 0 Å². The van der Waals surface area contributed by atoms with Crippen molar-refractivity contribution in [1.29, 1.82) is 0 Å². The fraction of sp³-hybridized carbons (Fsp3) is 0.583. The standard InChI is InChI=1S/C24H37N3O3/c1-6-13-25(14-7-2)24(29)22-12-11-21(30-22)18-26-16-9-10-20(26)17-27(15-8-3)23(28)19(4)5/h9-12,16,19H,6-8,13-15,17-18H2,1-5H3. The van der Waals surface area contributed by atoms with E-state index >= 15 is 0 Å². The molecule has 0 aromatic carbocycles. The fourth-order valence-corrected chi connectivity index (χ4v) is 3.60. The average molecular weight is 416 g/mol. The minimum Gasteiger partial charge on any atom is -0.454 e. The zero-order valence-electron chi connectivity index (χ0n) is 19.2. The number of carbonyl (C=O) groups is 2. The van der Waals surface area contributed by atoms with Gasteiger partial charge in [0.1, 0.15) is 5.76 Å². The largest absolute Gasteiger partial charge is 0.454 e. The molecule has 6 heteroatoms. The van der Waals surface area contributed by atoms with Crippen LogP contribution in [-0.4, -0.2) is 45.8 Å². The molecule has 30 heavy (non-hydrogen) atoms. The lowest BCUT2D eigenvalue weighted by Crippen LogP contribution is -2.35. The van der Waals surface area contributed by atoms with Gasteiger partial charge >= 0.3 is 0 Å². The molecule has 0 saturated heterocycles. The molecule has 0 radical (unpaired) electrons. The molecule has 0 atom stereocenters. The zero-order valence-corrected chi connectivity index (χ0v) is 19.2. The van der Waals surface area contributed by atoms with Crippen LogP contribution in [0.15, 0.2) is 34.9 Å². The van der Waals surface area contributed by atoms with E-state index in [2.05, 4.69) is 25.3 Å². The molecule has 2 rings (SSSR count). The van der Waals surface area contributed by atoms with E-state index < -0.39 is 0 Å². The summed E-state index contributed by atoms with van der Waals surface area (Å²) in [5.74, 6) is 1.23. The first-order valence-electron chi connectivity index (χ1n) is 11.2. The Labute approximate surface area is 180 Å². The molecule has 0 unspecified atom stereocenters. The Balaban J connectivity index is 2.11. The number of amides is 2. The quantitative estimate of drug-likeness (QED) is 0.501. The van der Waals surface area contributed by atoms with Gasteiger partial charge in [-0.25, -0.2) is 0 Å². The Morgan fingerprint density at radius 1 is 0.967 bits per heavy atom. The number of rotatable bonds is 12. The molecule has 6 nitrogen and oxygen atoms in total. The van der Waals surface area contributed by atoms with Gasteiger partial charge < -0.3 is 18.8 Å². The second kappa shape index (κ2) is 11.6. The summed E-state index contributed by atoms with van der Waals surface area (Å²) in [7, 11) is 0. The highest BCUT2D eigenvalue weighted by Crippen LogP contribution is 2.16. The van der Waals surface area contributed by atoms with Gasteiger partial charge in [0.2, 0.25) is 5.91 Å². The molecule has 0 spiro atoms. The Morgan fingerprint density at radius 3 is 2.20 bits per heavy atom. The summed E-state index contributed by atoms with van der Waals surface area (Å²) in [4.78, 5) is 29.0. The lowest BCUT2D eigenvalue weighted by atomic mass is 10.2. The first-order valence-corrected chi connectivity index (χ1v) is 11.2.